The first-order valence-corrected chi connectivity index (χ1v) is 7.04. The van der Waals surface area contributed by atoms with Crippen molar-refractivity contribution in [3.8, 4) is 0 Å². The van der Waals surface area contributed by atoms with Gasteiger partial charge in [0.15, 0.2) is 5.82 Å². The first-order valence-electron chi connectivity index (χ1n) is 5.99. The van der Waals surface area contributed by atoms with E-state index < -0.39 is 0 Å². The van der Waals surface area contributed by atoms with Crippen molar-refractivity contribution in [1.29, 1.82) is 0 Å². The van der Waals surface area contributed by atoms with E-state index >= 15 is 0 Å². The summed E-state index contributed by atoms with van der Waals surface area (Å²) in [4.78, 5) is 4.49. The Balaban J connectivity index is 2.00. The zero-order valence-corrected chi connectivity index (χ0v) is 10.7. The Kier molecular flexibility index (Phi) is 4.23. The predicted octanol–water partition coefficient (Wildman–Crippen LogP) is 2.70. The third-order valence-electron chi connectivity index (χ3n) is 2.81. The summed E-state index contributed by atoms with van der Waals surface area (Å²) in [5.41, 5.74) is 0. The number of nitrogens with zero attached hydrogens (tertiary/aromatic N) is 2. The second-order valence-corrected chi connectivity index (χ2v) is 5.44. The summed E-state index contributed by atoms with van der Waals surface area (Å²) >= 11 is 1.95. The van der Waals surface area contributed by atoms with Gasteiger partial charge in [-0.15, -0.1) is 0 Å². The summed E-state index contributed by atoms with van der Waals surface area (Å²) in [6.07, 6.45) is 3.78. The highest BCUT2D eigenvalue weighted by Crippen LogP contribution is 2.36. The van der Waals surface area contributed by atoms with E-state index in [-0.39, 0.29) is 6.04 Å². The maximum atomic E-state index is 5.30. The van der Waals surface area contributed by atoms with Crippen molar-refractivity contribution < 1.29 is 4.52 Å². The summed E-state index contributed by atoms with van der Waals surface area (Å²) in [6, 6.07) is 0.153. The van der Waals surface area contributed by atoms with Gasteiger partial charge in [0.05, 0.1) is 11.3 Å². The third-order valence-corrected chi connectivity index (χ3v) is 4.18. The molecule has 1 aliphatic heterocycles. The van der Waals surface area contributed by atoms with Gasteiger partial charge < -0.3 is 9.84 Å². The van der Waals surface area contributed by atoms with Gasteiger partial charge in [0.1, 0.15) is 0 Å². The SMILES string of the molecule is CCNC(C)c1nc(C2CCCCS2)no1. The van der Waals surface area contributed by atoms with Gasteiger partial charge in [-0.05, 0) is 32.1 Å². The van der Waals surface area contributed by atoms with Crippen molar-refractivity contribution in [2.45, 2.75) is 44.4 Å². The van der Waals surface area contributed by atoms with Crippen molar-refractivity contribution in [2.24, 2.45) is 0 Å². The van der Waals surface area contributed by atoms with Gasteiger partial charge in [0.25, 0.3) is 0 Å². The Bertz CT molecular complexity index is 323. The van der Waals surface area contributed by atoms with E-state index in [1.165, 1.54) is 25.0 Å². The Morgan fingerprint density at radius 2 is 2.44 bits per heavy atom. The van der Waals surface area contributed by atoms with Crippen LogP contribution >= 0.6 is 11.8 Å². The van der Waals surface area contributed by atoms with Crippen LogP contribution in [0.4, 0.5) is 0 Å². The van der Waals surface area contributed by atoms with Gasteiger partial charge in [-0.25, -0.2) is 0 Å². The van der Waals surface area contributed by atoms with Crippen LogP contribution in [0.1, 0.15) is 56.1 Å². The molecule has 0 amide bonds. The summed E-state index contributed by atoms with van der Waals surface area (Å²) in [5, 5.41) is 7.82. The fourth-order valence-corrected chi connectivity index (χ4v) is 3.13. The molecule has 1 aromatic rings. The smallest absolute Gasteiger partial charge is 0.243 e. The molecule has 0 bridgehead atoms. The lowest BCUT2D eigenvalue weighted by atomic mass is 10.2. The molecule has 2 atom stereocenters. The lowest BCUT2D eigenvalue weighted by Gasteiger charge is -2.17. The predicted molar refractivity (Wildman–Crippen MR) is 65.4 cm³/mol. The molecule has 1 aromatic heterocycles. The Hall–Kier alpha value is -0.550. The molecule has 0 spiro atoms. The second kappa shape index (κ2) is 5.68. The number of rotatable bonds is 4. The van der Waals surface area contributed by atoms with Crippen LogP contribution in [0, 0.1) is 0 Å². The average Bonchev–Trinajstić information content (AvgIpc) is 2.80. The van der Waals surface area contributed by atoms with Crippen molar-refractivity contribution in [2.75, 3.05) is 12.3 Å². The molecule has 0 radical (unpaired) electrons. The van der Waals surface area contributed by atoms with E-state index in [0.29, 0.717) is 11.1 Å². The van der Waals surface area contributed by atoms with Crippen LogP contribution in [-0.4, -0.2) is 22.4 Å². The fourth-order valence-electron chi connectivity index (χ4n) is 1.89. The topological polar surface area (TPSA) is 51.0 Å². The molecule has 2 rings (SSSR count). The fraction of sp³-hybridized carbons (Fsp3) is 0.818. The summed E-state index contributed by atoms with van der Waals surface area (Å²) in [7, 11) is 0. The van der Waals surface area contributed by atoms with Crippen molar-refractivity contribution in [3.05, 3.63) is 11.7 Å². The molecule has 0 aromatic carbocycles. The standard InChI is InChI=1S/C11H19N3OS/c1-3-12-8(2)11-13-10(14-15-11)9-6-4-5-7-16-9/h8-9,12H,3-7H2,1-2H3. The minimum atomic E-state index is 0.153. The minimum absolute atomic E-state index is 0.153. The number of aromatic nitrogens is 2. The van der Waals surface area contributed by atoms with Crippen LogP contribution < -0.4 is 5.32 Å². The molecule has 1 aliphatic rings. The lowest BCUT2D eigenvalue weighted by molar-refractivity contribution is 0.338. The molecule has 5 heteroatoms. The molecule has 2 unspecified atom stereocenters. The molecule has 2 heterocycles. The van der Waals surface area contributed by atoms with Crippen LogP contribution in [0.25, 0.3) is 0 Å². The molecule has 0 saturated carbocycles. The zero-order chi connectivity index (χ0) is 11.4. The quantitative estimate of drug-likeness (QED) is 0.878. The largest absolute Gasteiger partial charge is 0.338 e. The zero-order valence-electron chi connectivity index (χ0n) is 9.90. The van der Waals surface area contributed by atoms with Crippen molar-refractivity contribution >= 4 is 11.8 Å². The summed E-state index contributed by atoms with van der Waals surface area (Å²) < 4.78 is 5.30. The average molecular weight is 241 g/mol. The normalized spacial score (nSPS) is 23.2. The highest BCUT2D eigenvalue weighted by Gasteiger charge is 2.22. The Morgan fingerprint density at radius 3 is 3.12 bits per heavy atom. The van der Waals surface area contributed by atoms with E-state index in [9.17, 15) is 0 Å². The van der Waals surface area contributed by atoms with E-state index in [1.807, 2.05) is 11.8 Å². The van der Waals surface area contributed by atoms with Crippen LogP contribution in [0.15, 0.2) is 4.52 Å². The van der Waals surface area contributed by atoms with Crippen LogP contribution in [0.3, 0.4) is 0 Å². The maximum Gasteiger partial charge on any atom is 0.243 e. The molecule has 4 nitrogen and oxygen atoms in total. The maximum absolute atomic E-state index is 5.30. The van der Waals surface area contributed by atoms with E-state index in [2.05, 4.69) is 29.3 Å². The second-order valence-electron chi connectivity index (χ2n) is 4.13. The Labute approximate surface area is 101 Å². The first-order chi connectivity index (χ1) is 7.81. The van der Waals surface area contributed by atoms with Gasteiger partial charge in [-0.3, -0.25) is 0 Å². The molecular weight excluding hydrogens is 222 g/mol. The van der Waals surface area contributed by atoms with Gasteiger partial charge in [0, 0.05) is 0 Å². The molecule has 90 valence electrons. The van der Waals surface area contributed by atoms with Crippen LogP contribution in [-0.2, 0) is 0 Å². The molecule has 16 heavy (non-hydrogen) atoms. The monoisotopic (exact) mass is 241 g/mol. The summed E-state index contributed by atoms with van der Waals surface area (Å²) in [6.45, 7) is 5.04. The van der Waals surface area contributed by atoms with Gasteiger partial charge in [0.2, 0.25) is 5.89 Å². The number of thioether (sulfide) groups is 1. The van der Waals surface area contributed by atoms with Gasteiger partial charge in [-0.1, -0.05) is 18.5 Å². The first kappa shape index (κ1) is 11.9. The summed E-state index contributed by atoms with van der Waals surface area (Å²) in [5.74, 6) is 2.81. The molecule has 1 fully saturated rings. The van der Waals surface area contributed by atoms with E-state index in [1.54, 1.807) is 0 Å². The lowest BCUT2D eigenvalue weighted by Crippen LogP contribution is -2.18. The third kappa shape index (κ3) is 2.77. The number of nitrogens with one attached hydrogen (secondary N) is 1. The van der Waals surface area contributed by atoms with Crippen molar-refractivity contribution in [1.82, 2.24) is 15.5 Å². The van der Waals surface area contributed by atoms with Crippen LogP contribution in [0.5, 0.6) is 0 Å². The van der Waals surface area contributed by atoms with E-state index in [0.717, 1.165) is 12.4 Å². The molecular formula is C11H19N3OS. The Morgan fingerprint density at radius 1 is 1.56 bits per heavy atom. The van der Waals surface area contributed by atoms with E-state index in [4.69, 9.17) is 4.52 Å². The van der Waals surface area contributed by atoms with Crippen LogP contribution in [0.2, 0.25) is 0 Å². The highest BCUT2D eigenvalue weighted by molar-refractivity contribution is 7.99. The number of hydrogen-bond donors (Lipinski definition) is 1. The molecule has 1 N–H and O–H groups in total. The van der Waals surface area contributed by atoms with Gasteiger partial charge in [-0.2, -0.15) is 16.7 Å². The minimum Gasteiger partial charge on any atom is -0.338 e. The van der Waals surface area contributed by atoms with Gasteiger partial charge >= 0.3 is 0 Å². The van der Waals surface area contributed by atoms with Crippen molar-refractivity contribution in [3.63, 3.8) is 0 Å². The highest BCUT2D eigenvalue weighted by atomic mass is 32.2. The molecule has 0 aliphatic carbocycles. The number of hydrogen-bond acceptors (Lipinski definition) is 5. The molecule has 1 saturated heterocycles.